The number of para-hydroxylation sites is 1. The van der Waals surface area contributed by atoms with E-state index in [0.29, 0.717) is 36.3 Å². The lowest BCUT2D eigenvalue weighted by Gasteiger charge is -2.24. The van der Waals surface area contributed by atoms with E-state index in [1.807, 2.05) is 35.2 Å². The zero-order valence-corrected chi connectivity index (χ0v) is 14.6. The van der Waals surface area contributed by atoms with Gasteiger partial charge in [0.15, 0.2) is 11.4 Å². The Morgan fingerprint density at radius 3 is 2.84 bits per heavy atom. The van der Waals surface area contributed by atoms with Crippen LogP contribution in [0.4, 0.5) is 0 Å². The molecule has 1 aliphatic heterocycles. The number of rotatable bonds is 5. The fourth-order valence-corrected chi connectivity index (χ4v) is 3.18. The van der Waals surface area contributed by atoms with Gasteiger partial charge in [0.25, 0.3) is 5.91 Å². The van der Waals surface area contributed by atoms with Crippen LogP contribution in [0, 0.1) is 5.92 Å². The molecular weight excluding hydrogens is 316 g/mol. The Morgan fingerprint density at radius 1 is 1.20 bits per heavy atom. The zero-order chi connectivity index (χ0) is 17.5. The lowest BCUT2D eigenvalue weighted by atomic mass is 10.0. The van der Waals surface area contributed by atoms with Gasteiger partial charge in [0.05, 0.1) is 6.61 Å². The molecule has 5 heteroatoms. The van der Waals surface area contributed by atoms with Crippen LogP contribution in [0.1, 0.15) is 29.8 Å². The number of nitrogens with zero attached hydrogens (tertiary/aromatic N) is 2. The van der Waals surface area contributed by atoms with E-state index >= 15 is 0 Å². The maximum Gasteiger partial charge on any atom is 0.276 e. The molecule has 1 aromatic carbocycles. The highest BCUT2D eigenvalue weighted by molar-refractivity contribution is 5.95. The number of hydrogen-bond donors (Lipinski definition) is 0. The Balaban J connectivity index is 1.79. The van der Waals surface area contributed by atoms with Gasteiger partial charge < -0.3 is 14.4 Å². The molecule has 0 radical (unpaired) electrons. The maximum absolute atomic E-state index is 13.1. The molecule has 0 N–H and O–H groups in total. The lowest BCUT2D eigenvalue weighted by Crippen LogP contribution is -2.36. The smallest absolute Gasteiger partial charge is 0.276 e. The summed E-state index contributed by atoms with van der Waals surface area (Å²) in [5.41, 5.74) is 0.365. The average Bonchev–Trinajstić information content (AvgIpc) is 2.88. The molecule has 5 nitrogen and oxygen atoms in total. The minimum atomic E-state index is -0.0745. The Labute approximate surface area is 148 Å². The topological polar surface area (TPSA) is 51.7 Å². The van der Waals surface area contributed by atoms with E-state index in [4.69, 9.17) is 9.47 Å². The van der Waals surface area contributed by atoms with Crippen LogP contribution >= 0.6 is 0 Å². The number of amides is 1. The molecule has 1 atom stereocenters. The Kier molecular flexibility index (Phi) is 6.01. The van der Waals surface area contributed by atoms with Gasteiger partial charge in [-0.1, -0.05) is 24.6 Å². The standard InChI is InChI=1S/C20H24N2O3/c1-24-15-16-8-5-6-13-22(14-16)20(23)19-18(11-7-12-21-19)25-17-9-3-2-4-10-17/h2-4,7,9-12,16H,5-6,8,13-15H2,1H3. The first-order valence-corrected chi connectivity index (χ1v) is 8.74. The highest BCUT2D eigenvalue weighted by atomic mass is 16.5. The molecule has 0 aliphatic carbocycles. The van der Waals surface area contributed by atoms with Crippen LogP contribution < -0.4 is 4.74 Å². The van der Waals surface area contributed by atoms with Gasteiger partial charge in [-0.3, -0.25) is 4.79 Å². The molecule has 1 saturated heterocycles. The van der Waals surface area contributed by atoms with Crippen LogP contribution in [0.25, 0.3) is 0 Å². The minimum absolute atomic E-state index is 0.0745. The predicted octanol–water partition coefficient (Wildman–Crippen LogP) is 3.76. The predicted molar refractivity (Wildman–Crippen MR) is 95.9 cm³/mol. The van der Waals surface area contributed by atoms with Crippen molar-refractivity contribution in [3.05, 3.63) is 54.4 Å². The van der Waals surface area contributed by atoms with Crippen molar-refractivity contribution in [2.75, 3.05) is 26.8 Å². The molecule has 132 valence electrons. The number of ether oxygens (including phenoxy) is 2. The van der Waals surface area contributed by atoms with E-state index in [9.17, 15) is 4.79 Å². The summed E-state index contributed by atoms with van der Waals surface area (Å²) in [6.45, 7) is 2.13. The Bertz CT molecular complexity index is 690. The molecule has 1 fully saturated rings. The number of carbonyl (C=O) groups excluding carboxylic acids is 1. The number of pyridine rings is 1. The summed E-state index contributed by atoms with van der Waals surface area (Å²) in [6.07, 6.45) is 4.85. The monoisotopic (exact) mass is 340 g/mol. The van der Waals surface area contributed by atoms with Gasteiger partial charge in [0.2, 0.25) is 0 Å². The largest absolute Gasteiger partial charge is 0.455 e. The summed E-state index contributed by atoms with van der Waals surface area (Å²) in [5.74, 6) is 1.48. The first-order valence-electron chi connectivity index (χ1n) is 8.74. The molecule has 0 saturated carbocycles. The van der Waals surface area contributed by atoms with Crippen LogP contribution in [0.15, 0.2) is 48.7 Å². The fourth-order valence-electron chi connectivity index (χ4n) is 3.18. The summed E-state index contributed by atoms with van der Waals surface area (Å²) >= 11 is 0. The fraction of sp³-hybridized carbons (Fsp3) is 0.400. The second-order valence-electron chi connectivity index (χ2n) is 6.33. The highest BCUT2D eigenvalue weighted by Crippen LogP contribution is 2.26. The number of benzene rings is 1. The molecular formula is C20H24N2O3. The van der Waals surface area contributed by atoms with Crippen molar-refractivity contribution in [2.45, 2.75) is 19.3 Å². The summed E-state index contributed by atoms with van der Waals surface area (Å²) in [4.78, 5) is 19.2. The SMILES string of the molecule is COCC1CCCCN(C(=O)c2ncccc2Oc2ccccc2)C1. The third kappa shape index (κ3) is 4.57. The van der Waals surface area contributed by atoms with Crippen LogP contribution in [-0.2, 0) is 4.74 Å². The van der Waals surface area contributed by atoms with Crippen molar-refractivity contribution >= 4 is 5.91 Å². The normalized spacial score (nSPS) is 17.8. The third-order valence-electron chi connectivity index (χ3n) is 4.40. The Hall–Kier alpha value is -2.40. The maximum atomic E-state index is 13.1. The van der Waals surface area contributed by atoms with Crippen molar-refractivity contribution < 1.29 is 14.3 Å². The summed E-state index contributed by atoms with van der Waals surface area (Å²) in [6, 6.07) is 13.0. The van der Waals surface area contributed by atoms with Crippen LogP contribution in [0.2, 0.25) is 0 Å². The van der Waals surface area contributed by atoms with Crippen molar-refractivity contribution in [2.24, 2.45) is 5.92 Å². The highest BCUT2D eigenvalue weighted by Gasteiger charge is 2.26. The zero-order valence-electron chi connectivity index (χ0n) is 14.6. The van der Waals surface area contributed by atoms with Gasteiger partial charge in [0.1, 0.15) is 5.75 Å². The van der Waals surface area contributed by atoms with Gasteiger partial charge in [0, 0.05) is 26.4 Å². The van der Waals surface area contributed by atoms with Crippen LogP contribution in [0.3, 0.4) is 0 Å². The molecule has 1 unspecified atom stereocenters. The molecule has 0 spiro atoms. The molecule has 2 aromatic rings. The van der Waals surface area contributed by atoms with E-state index in [0.717, 1.165) is 25.8 Å². The van der Waals surface area contributed by atoms with E-state index < -0.39 is 0 Å². The van der Waals surface area contributed by atoms with E-state index in [1.54, 1.807) is 25.4 Å². The summed E-state index contributed by atoms with van der Waals surface area (Å²) < 4.78 is 11.2. The third-order valence-corrected chi connectivity index (χ3v) is 4.40. The summed E-state index contributed by atoms with van der Waals surface area (Å²) in [7, 11) is 1.71. The van der Waals surface area contributed by atoms with Crippen molar-refractivity contribution in [1.82, 2.24) is 9.88 Å². The lowest BCUT2D eigenvalue weighted by molar-refractivity contribution is 0.0688. The number of aromatic nitrogens is 1. The van der Waals surface area contributed by atoms with Gasteiger partial charge in [-0.15, -0.1) is 0 Å². The van der Waals surface area contributed by atoms with Crippen LogP contribution in [0.5, 0.6) is 11.5 Å². The second-order valence-corrected chi connectivity index (χ2v) is 6.33. The van der Waals surface area contributed by atoms with Crippen molar-refractivity contribution in [3.8, 4) is 11.5 Å². The molecule has 25 heavy (non-hydrogen) atoms. The van der Waals surface area contributed by atoms with Gasteiger partial charge in [-0.2, -0.15) is 0 Å². The van der Waals surface area contributed by atoms with Crippen molar-refractivity contribution in [1.29, 1.82) is 0 Å². The van der Waals surface area contributed by atoms with E-state index in [2.05, 4.69) is 4.98 Å². The summed E-state index contributed by atoms with van der Waals surface area (Å²) in [5, 5.41) is 0. The van der Waals surface area contributed by atoms with E-state index in [-0.39, 0.29) is 5.91 Å². The molecule has 1 aliphatic rings. The van der Waals surface area contributed by atoms with Gasteiger partial charge >= 0.3 is 0 Å². The Morgan fingerprint density at radius 2 is 2.04 bits per heavy atom. The van der Waals surface area contributed by atoms with Gasteiger partial charge in [-0.25, -0.2) is 4.98 Å². The molecule has 0 bridgehead atoms. The van der Waals surface area contributed by atoms with E-state index in [1.165, 1.54) is 0 Å². The van der Waals surface area contributed by atoms with Crippen LogP contribution in [-0.4, -0.2) is 42.6 Å². The number of likely N-dealkylation sites (tertiary alicyclic amines) is 1. The van der Waals surface area contributed by atoms with Gasteiger partial charge in [-0.05, 0) is 43.0 Å². The first kappa shape index (κ1) is 17.4. The van der Waals surface area contributed by atoms with Crippen molar-refractivity contribution in [3.63, 3.8) is 0 Å². The minimum Gasteiger partial charge on any atom is -0.455 e. The number of carbonyl (C=O) groups is 1. The number of methoxy groups -OCH3 is 1. The molecule has 2 heterocycles. The molecule has 3 rings (SSSR count). The quantitative estimate of drug-likeness (QED) is 0.831. The molecule has 1 amide bonds. The second kappa shape index (κ2) is 8.62. The average molecular weight is 340 g/mol. The first-order chi connectivity index (χ1) is 12.3. The molecule has 1 aromatic heterocycles. The number of hydrogen-bond acceptors (Lipinski definition) is 4.